The Morgan fingerprint density at radius 3 is 2.31 bits per heavy atom. The topological polar surface area (TPSA) is 154 Å². The smallest absolute Gasteiger partial charge is 0.322 e. The molecule has 10 nitrogen and oxygen atoms in total. The van der Waals surface area contributed by atoms with E-state index >= 15 is 0 Å². The van der Waals surface area contributed by atoms with Gasteiger partial charge in [0, 0.05) is 28.8 Å². The minimum Gasteiger partial charge on any atom is -0.480 e. The van der Waals surface area contributed by atoms with E-state index in [1.165, 1.54) is 0 Å². The number of benzene rings is 3. The summed E-state index contributed by atoms with van der Waals surface area (Å²) in [5.41, 5.74) is 3.58. The van der Waals surface area contributed by atoms with Crippen molar-refractivity contribution in [2.24, 2.45) is 5.92 Å². The molecular weight excluding hydrogens is 498 g/mol. The van der Waals surface area contributed by atoms with Gasteiger partial charge < -0.3 is 15.7 Å². The summed E-state index contributed by atoms with van der Waals surface area (Å²) in [4.78, 5) is 50.4. The molecule has 0 saturated carbocycles. The van der Waals surface area contributed by atoms with Crippen molar-refractivity contribution in [1.82, 2.24) is 15.1 Å². The van der Waals surface area contributed by atoms with Crippen molar-refractivity contribution in [2.45, 2.75) is 6.42 Å². The van der Waals surface area contributed by atoms with Crippen LogP contribution in [0.3, 0.4) is 0 Å². The van der Waals surface area contributed by atoms with Crippen LogP contribution in [0, 0.1) is 17.2 Å². The van der Waals surface area contributed by atoms with Gasteiger partial charge in [0.2, 0.25) is 11.7 Å². The van der Waals surface area contributed by atoms with E-state index in [-0.39, 0.29) is 17.7 Å². The van der Waals surface area contributed by atoms with Gasteiger partial charge in [0.15, 0.2) is 5.92 Å². The van der Waals surface area contributed by atoms with Crippen molar-refractivity contribution >= 4 is 29.3 Å². The highest BCUT2D eigenvalue weighted by atomic mass is 16.4. The molecule has 5 rings (SSSR count). The van der Waals surface area contributed by atoms with Crippen LogP contribution >= 0.6 is 0 Å². The number of amides is 2. The number of nitrogens with zero attached hydrogens (tertiary/aromatic N) is 3. The van der Waals surface area contributed by atoms with Gasteiger partial charge in [0.25, 0.3) is 5.91 Å². The number of para-hydroxylation sites is 2. The molecule has 1 atom stereocenters. The minimum absolute atomic E-state index is 0.0447. The quantitative estimate of drug-likeness (QED) is 0.210. The molecular formula is C29H21N5O5. The van der Waals surface area contributed by atoms with E-state index in [1.54, 1.807) is 65.3 Å². The van der Waals surface area contributed by atoms with Gasteiger partial charge in [0.1, 0.15) is 12.2 Å². The summed E-state index contributed by atoms with van der Waals surface area (Å²) in [5, 5.41) is 28.3. The maximum Gasteiger partial charge on any atom is 0.322 e. The minimum atomic E-state index is -1.66. The highest BCUT2D eigenvalue weighted by Gasteiger charge is 2.37. The third-order valence-corrected chi connectivity index (χ3v) is 6.34. The Morgan fingerprint density at radius 2 is 1.64 bits per heavy atom. The van der Waals surface area contributed by atoms with E-state index in [4.69, 9.17) is 5.11 Å². The van der Waals surface area contributed by atoms with E-state index < -0.39 is 36.0 Å². The van der Waals surface area contributed by atoms with Gasteiger partial charge in [-0.05, 0) is 35.9 Å². The highest BCUT2D eigenvalue weighted by molar-refractivity contribution is 6.16. The Balaban J connectivity index is 1.57. The summed E-state index contributed by atoms with van der Waals surface area (Å²) in [6, 6.07) is 24.4. The van der Waals surface area contributed by atoms with E-state index in [1.807, 2.05) is 24.3 Å². The largest absolute Gasteiger partial charge is 0.480 e. The summed E-state index contributed by atoms with van der Waals surface area (Å²) >= 11 is 0. The van der Waals surface area contributed by atoms with E-state index in [9.17, 15) is 24.4 Å². The number of aliphatic carboxylic acids is 1. The summed E-state index contributed by atoms with van der Waals surface area (Å²) in [6.45, 7) is -0.544. The SMILES string of the molecule is N#CC(C(=O)Nc1ccccc1)C(=O)c1nn(-c2ccccc2)c2c1Cc1c(C(=O)NCC(=O)O)cccc1-2. The lowest BCUT2D eigenvalue weighted by Gasteiger charge is -2.11. The third kappa shape index (κ3) is 4.76. The molecule has 39 heavy (non-hydrogen) atoms. The first-order valence-electron chi connectivity index (χ1n) is 12.0. The fourth-order valence-electron chi connectivity index (χ4n) is 4.60. The Bertz CT molecular complexity index is 1650. The van der Waals surface area contributed by atoms with Crippen LogP contribution in [0.2, 0.25) is 0 Å². The normalized spacial score (nSPS) is 12.0. The number of carbonyl (C=O) groups is 4. The molecule has 1 aliphatic rings. The fraction of sp³-hybridized carbons (Fsp3) is 0.103. The Kier molecular flexibility index (Phi) is 6.72. The summed E-state index contributed by atoms with van der Waals surface area (Å²) in [6.07, 6.45) is 0.133. The van der Waals surface area contributed by atoms with E-state index in [0.717, 1.165) is 0 Å². The van der Waals surface area contributed by atoms with E-state index in [0.29, 0.717) is 33.8 Å². The van der Waals surface area contributed by atoms with Crippen LogP contribution in [-0.4, -0.2) is 45.0 Å². The number of nitrogens with one attached hydrogen (secondary N) is 2. The number of anilines is 1. The van der Waals surface area contributed by atoms with Crippen molar-refractivity contribution < 1.29 is 24.3 Å². The lowest BCUT2D eigenvalue weighted by molar-refractivity contribution is -0.135. The molecule has 3 N–H and O–H groups in total. The average Bonchev–Trinajstić information content (AvgIpc) is 3.51. The molecule has 0 radical (unpaired) electrons. The zero-order chi connectivity index (χ0) is 27.5. The van der Waals surface area contributed by atoms with Crippen LogP contribution in [0.25, 0.3) is 16.9 Å². The van der Waals surface area contributed by atoms with Gasteiger partial charge >= 0.3 is 5.97 Å². The lowest BCUT2D eigenvalue weighted by Crippen LogP contribution is -2.30. The van der Waals surface area contributed by atoms with Crippen molar-refractivity contribution in [3.63, 3.8) is 0 Å². The molecule has 1 heterocycles. The first kappa shape index (κ1) is 25.1. The molecule has 1 unspecified atom stereocenters. The number of Topliss-reactive ketones (excluding diaryl/α,β-unsaturated/α-hetero) is 1. The number of carbonyl (C=O) groups excluding carboxylic acids is 3. The molecule has 0 spiro atoms. The maximum absolute atomic E-state index is 13.7. The summed E-state index contributed by atoms with van der Waals surface area (Å²) < 4.78 is 1.57. The number of hydrogen-bond acceptors (Lipinski definition) is 6. The molecule has 0 aliphatic heterocycles. The van der Waals surface area contributed by atoms with Crippen molar-refractivity contribution in [3.05, 3.63) is 101 Å². The molecule has 4 aromatic rings. The monoisotopic (exact) mass is 519 g/mol. The fourth-order valence-corrected chi connectivity index (χ4v) is 4.60. The number of nitriles is 1. The second kappa shape index (κ2) is 10.4. The summed E-state index contributed by atoms with van der Waals surface area (Å²) in [5.74, 6) is -4.94. The van der Waals surface area contributed by atoms with Crippen LogP contribution < -0.4 is 10.6 Å². The maximum atomic E-state index is 13.7. The van der Waals surface area contributed by atoms with Gasteiger partial charge in [0.05, 0.1) is 17.5 Å². The number of hydrogen-bond donors (Lipinski definition) is 3. The first-order valence-corrected chi connectivity index (χ1v) is 12.0. The number of rotatable bonds is 8. The van der Waals surface area contributed by atoms with Crippen LogP contribution in [-0.2, 0) is 16.0 Å². The standard InChI is InChI=1S/C29H21N5O5/c30-15-23(29(39)32-17-8-3-1-4-9-17)27(37)25-22-14-21-19(12-7-13-20(21)28(38)31-16-24(35)36)26(22)34(33-25)18-10-5-2-6-11-18/h1-13,23H,14,16H2,(H,31,38)(H,32,39)(H,35,36). The summed E-state index contributed by atoms with van der Waals surface area (Å²) in [7, 11) is 0. The number of fused-ring (bicyclic) bond motifs is 3. The van der Waals surface area contributed by atoms with Crippen molar-refractivity contribution in [2.75, 3.05) is 11.9 Å². The first-order chi connectivity index (χ1) is 18.9. The third-order valence-electron chi connectivity index (χ3n) is 6.34. The Labute approximate surface area is 222 Å². The lowest BCUT2D eigenvalue weighted by atomic mass is 9.97. The molecule has 2 amide bonds. The van der Waals surface area contributed by atoms with Gasteiger partial charge in [-0.2, -0.15) is 10.4 Å². The molecule has 10 heteroatoms. The number of carboxylic acids is 1. The predicted octanol–water partition coefficient (Wildman–Crippen LogP) is 3.22. The molecule has 1 aromatic heterocycles. The van der Waals surface area contributed by atoms with Gasteiger partial charge in [-0.3, -0.25) is 19.2 Å². The number of carboxylic acid groups (broad SMARTS) is 1. The molecule has 3 aromatic carbocycles. The molecule has 0 bridgehead atoms. The van der Waals surface area contributed by atoms with Crippen molar-refractivity contribution in [3.8, 4) is 23.0 Å². The second-order valence-electron chi connectivity index (χ2n) is 8.79. The van der Waals surface area contributed by atoms with Crippen molar-refractivity contribution in [1.29, 1.82) is 5.26 Å². The number of aromatic nitrogens is 2. The van der Waals surface area contributed by atoms with Gasteiger partial charge in [-0.25, -0.2) is 4.68 Å². The average molecular weight is 520 g/mol. The van der Waals surface area contributed by atoms with E-state index in [2.05, 4.69) is 15.7 Å². The molecule has 0 saturated heterocycles. The second-order valence-corrected chi connectivity index (χ2v) is 8.79. The predicted molar refractivity (Wildman–Crippen MR) is 140 cm³/mol. The van der Waals surface area contributed by atoms with Crippen LogP contribution in [0.4, 0.5) is 5.69 Å². The van der Waals surface area contributed by atoms with Gasteiger partial charge in [-0.15, -0.1) is 0 Å². The van der Waals surface area contributed by atoms with Crippen LogP contribution in [0.15, 0.2) is 78.9 Å². The zero-order valence-electron chi connectivity index (χ0n) is 20.4. The van der Waals surface area contributed by atoms with Gasteiger partial charge in [-0.1, -0.05) is 48.5 Å². The molecule has 1 aliphatic carbocycles. The number of ketones is 1. The molecule has 0 fully saturated rings. The zero-order valence-corrected chi connectivity index (χ0v) is 20.4. The molecule has 192 valence electrons. The van der Waals surface area contributed by atoms with Crippen LogP contribution in [0.1, 0.15) is 32.0 Å². The Morgan fingerprint density at radius 1 is 0.949 bits per heavy atom. The Hall–Kier alpha value is -5.56. The van der Waals surface area contributed by atoms with Crippen LogP contribution in [0.5, 0.6) is 0 Å². The highest BCUT2D eigenvalue weighted by Crippen LogP contribution is 2.42.